The second-order valence-corrected chi connectivity index (χ2v) is 5.30. The molecule has 0 aliphatic carbocycles. The fourth-order valence-corrected chi connectivity index (χ4v) is 2.42. The highest BCUT2D eigenvalue weighted by molar-refractivity contribution is 7.12. The number of amides is 1. The van der Waals surface area contributed by atoms with Crippen molar-refractivity contribution in [1.82, 2.24) is 5.32 Å². The van der Waals surface area contributed by atoms with Crippen LogP contribution >= 0.6 is 11.3 Å². The van der Waals surface area contributed by atoms with Crippen molar-refractivity contribution in [3.63, 3.8) is 0 Å². The van der Waals surface area contributed by atoms with Crippen molar-refractivity contribution < 1.29 is 15.0 Å². The Morgan fingerprint density at radius 1 is 1.30 bits per heavy atom. The molecule has 20 heavy (non-hydrogen) atoms. The van der Waals surface area contributed by atoms with Crippen molar-refractivity contribution in [2.45, 2.75) is 12.1 Å². The first-order chi connectivity index (χ1) is 9.61. The molecule has 0 fully saturated rings. The highest BCUT2D eigenvalue weighted by Gasteiger charge is 2.22. The van der Waals surface area contributed by atoms with Crippen LogP contribution in [0.3, 0.4) is 0 Å². The molecule has 2 atom stereocenters. The van der Waals surface area contributed by atoms with E-state index in [1.807, 2.05) is 0 Å². The number of anilines is 1. The SMILES string of the molecule is Nc1ccc(C(O)C(CO)NC(=O)c2cccs2)cc1. The second kappa shape index (κ2) is 6.51. The molecule has 1 aromatic heterocycles. The summed E-state index contributed by atoms with van der Waals surface area (Å²) in [7, 11) is 0. The van der Waals surface area contributed by atoms with Gasteiger partial charge in [0.1, 0.15) is 6.10 Å². The largest absolute Gasteiger partial charge is 0.399 e. The van der Waals surface area contributed by atoms with Crippen LogP contribution in [-0.2, 0) is 0 Å². The van der Waals surface area contributed by atoms with Gasteiger partial charge in [-0.1, -0.05) is 18.2 Å². The number of benzene rings is 1. The predicted octanol–water partition coefficient (Wildman–Crippen LogP) is 1.15. The molecule has 5 nitrogen and oxygen atoms in total. The fraction of sp³-hybridized carbons (Fsp3) is 0.214. The first kappa shape index (κ1) is 14.5. The molecule has 1 heterocycles. The number of nitrogens with one attached hydrogen (secondary N) is 1. The quantitative estimate of drug-likeness (QED) is 0.622. The number of carbonyl (C=O) groups excluding carboxylic acids is 1. The van der Waals surface area contributed by atoms with Gasteiger partial charge in [-0.15, -0.1) is 11.3 Å². The number of hydrogen-bond donors (Lipinski definition) is 4. The zero-order valence-corrected chi connectivity index (χ0v) is 11.5. The topological polar surface area (TPSA) is 95.6 Å². The number of thiophene rings is 1. The highest BCUT2D eigenvalue weighted by Crippen LogP contribution is 2.19. The van der Waals surface area contributed by atoms with Crippen molar-refractivity contribution in [1.29, 1.82) is 0 Å². The fourth-order valence-electron chi connectivity index (χ4n) is 1.80. The van der Waals surface area contributed by atoms with Gasteiger partial charge in [0.05, 0.1) is 17.5 Å². The lowest BCUT2D eigenvalue weighted by atomic mass is 10.0. The maximum Gasteiger partial charge on any atom is 0.261 e. The van der Waals surface area contributed by atoms with E-state index in [0.717, 1.165) is 0 Å². The third kappa shape index (κ3) is 3.36. The van der Waals surface area contributed by atoms with Gasteiger partial charge in [0.25, 0.3) is 5.91 Å². The Balaban J connectivity index is 2.07. The lowest BCUT2D eigenvalue weighted by Gasteiger charge is -2.22. The average molecular weight is 292 g/mol. The number of rotatable bonds is 5. The van der Waals surface area contributed by atoms with Crippen LogP contribution in [0.25, 0.3) is 0 Å². The summed E-state index contributed by atoms with van der Waals surface area (Å²) in [5.74, 6) is -0.312. The lowest BCUT2D eigenvalue weighted by Crippen LogP contribution is -2.41. The van der Waals surface area contributed by atoms with E-state index in [-0.39, 0.29) is 12.5 Å². The molecule has 0 bridgehead atoms. The van der Waals surface area contributed by atoms with E-state index < -0.39 is 12.1 Å². The van der Waals surface area contributed by atoms with Crippen LogP contribution in [0.15, 0.2) is 41.8 Å². The molecular weight excluding hydrogens is 276 g/mol. The van der Waals surface area contributed by atoms with Gasteiger partial charge in [0.2, 0.25) is 0 Å². The van der Waals surface area contributed by atoms with E-state index in [1.54, 1.807) is 41.8 Å². The number of hydrogen-bond acceptors (Lipinski definition) is 5. The minimum absolute atomic E-state index is 0.312. The normalized spacial score (nSPS) is 13.7. The van der Waals surface area contributed by atoms with Crippen LogP contribution in [0.1, 0.15) is 21.3 Å². The highest BCUT2D eigenvalue weighted by atomic mass is 32.1. The Morgan fingerprint density at radius 3 is 2.55 bits per heavy atom. The van der Waals surface area contributed by atoms with E-state index in [2.05, 4.69) is 5.32 Å². The Hall–Kier alpha value is -1.89. The van der Waals surface area contributed by atoms with Gasteiger partial charge >= 0.3 is 0 Å². The second-order valence-electron chi connectivity index (χ2n) is 4.35. The Bertz CT molecular complexity index is 554. The smallest absolute Gasteiger partial charge is 0.261 e. The summed E-state index contributed by atoms with van der Waals surface area (Å²) >= 11 is 1.30. The average Bonchev–Trinajstić information content (AvgIpc) is 2.99. The number of nitrogen functional groups attached to an aromatic ring is 1. The third-order valence-electron chi connectivity index (χ3n) is 2.92. The van der Waals surface area contributed by atoms with Crippen molar-refractivity contribution in [3.05, 3.63) is 52.2 Å². The molecular formula is C14H16N2O3S. The van der Waals surface area contributed by atoms with Crippen LogP contribution in [0.4, 0.5) is 5.69 Å². The first-order valence-corrected chi connectivity index (χ1v) is 6.98. The molecule has 0 aliphatic heterocycles. The van der Waals surface area contributed by atoms with Crippen molar-refractivity contribution in [2.24, 2.45) is 0 Å². The number of nitrogens with two attached hydrogens (primary N) is 1. The van der Waals surface area contributed by atoms with Gasteiger partial charge in [-0.2, -0.15) is 0 Å². The van der Waals surface area contributed by atoms with Gasteiger partial charge in [-0.3, -0.25) is 4.79 Å². The molecule has 106 valence electrons. The number of carbonyl (C=O) groups is 1. The van der Waals surface area contributed by atoms with E-state index in [9.17, 15) is 15.0 Å². The molecule has 2 aromatic rings. The zero-order chi connectivity index (χ0) is 14.5. The van der Waals surface area contributed by atoms with Crippen LogP contribution in [-0.4, -0.2) is 28.8 Å². The van der Waals surface area contributed by atoms with Crippen molar-refractivity contribution >= 4 is 22.9 Å². The molecule has 2 unspecified atom stereocenters. The predicted molar refractivity (Wildman–Crippen MR) is 78.5 cm³/mol. The molecule has 0 spiro atoms. The van der Waals surface area contributed by atoms with Gasteiger partial charge < -0.3 is 21.3 Å². The monoisotopic (exact) mass is 292 g/mol. The summed E-state index contributed by atoms with van der Waals surface area (Å²) in [6.07, 6.45) is -0.996. The summed E-state index contributed by atoms with van der Waals surface area (Å²) in [4.78, 5) is 12.5. The first-order valence-electron chi connectivity index (χ1n) is 6.10. The minimum Gasteiger partial charge on any atom is -0.399 e. The van der Waals surface area contributed by atoms with E-state index in [1.165, 1.54) is 11.3 Å². The van der Waals surface area contributed by atoms with Gasteiger partial charge in [0, 0.05) is 5.69 Å². The van der Waals surface area contributed by atoms with Gasteiger partial charge in [-0.05, 0) is 29.1 Å². The Morgan fingerprint density at radius 2 is 2.00 bits per heavy atom. The molecule has 1 aromatic carbocycles. The number of aliphatic hydroxyl groups is 2. The maximum atomic E-state index is 11.9. The molecule has 1 amide bonds. The van der Waals surface area contributed by atoms with E-state index in [0.29, 0.717) is 16.1 Å². The molecule has 2 rings (SSSR count). The van der Waals surface area contributed by atoms with E-state index >= 15 is 0 Å². The van der Waals surface area contributed by atoms with E-state index in [4.69, 9.17) is 5.73 Å². The molecule has 0 aliphatic rings. The van der Waals surface area contributed by atoms with Crippen molar-refractivity contribution in [3.8, 4) is 0 Å². The minimum atomic E-state index is -0.996. The van der Waals surface area contributed by atoms with Crippen LogP contribution in [0, 0.1) is 0 Å². The summed E-state index contributed by atoms with van der Waals surface area (Å²) in [6, 6.07) is 9.34. The Labute approximate surface area is 120 Å². The molecule has 0 saturated heterocycles. The molecule has 0 saturated carbocycles. The Kier molecular flexibility index (Phi) is 4.73. The summed E-state index contributed by atoms with van der Waals surface area (Å²) < 4.78 is 0. The van der Waals surface area contributed by atoms with Gasteiger partial charge in [-0.25, -0.2) is 0 Å². The number of aliphatic hydroxyl groups excluding tert-OH is 2. The lowest BCUT2D eigenvalue weighted by molar-refractivity contribution is 0.0706. The van der Waals surface area contributed by atoms with Crippen LogP contribution < -0.4 is 11.1 Å². The summed E-state index contributed by atoms with van der Waals surface area (Å²) in [5, 5.41) is 24.0. The standard InChI is InChI=1S/C14H16N2O3S/c15-10-5-3-9(4-6-10)13(18)11(8-17)16-14(19)12-2-1-7-20-12/h1-7,11,13,17-18H,8,15H2,(H,16,19). The van der Waals surface area contributed by atoms with Crippen LogP contribution in [0.5, 0.6) is 0 Å². The third-order valence-corrected chi connectivity index (χ3v) is 3.79. The molecule has 5 N–H and O–H groups in total. The van der Waals surface area contributed by atoms with Crippen molar-refractivity contribution in [2.75, 3.05) is 12.3 Å². The zero-order valence-electron chi connectivity index (χ0n) is 10.7. The van der Waals surface area contributed by atoms with Gasteiger partial charge in [0.15, 0.2) is 0 Å². The summed E-state index contributed by atoms with van der Waals surface area (Å²) in [5.41, 5.74) is 6.76. The summed E-state index contributed by atoms with van der Waals surface area (Å²) in [6.45, 7) is -0.358. The molecule has 6 heteroatoms. The molecule has 0 radical (unpaired) electrons. The maximum absolute atomic E-state index is 11.9. The van der Waals surface area contributed by atoms with Crippen LogP contribution in [0.2, 0.25) is 0 Å².